The van der Waals surface area contributed by atoms with Gasteiger partial charge in [-0.2, -0.15) is 13.2 Å². The van der Waals surface area contributed by atoms with Gasteiger partial charge in [-0.15, -0.1) is 0 Å². The Morgan fingerprint density at radius 3 is 1.97 bits per heavy atom. The lowest BCUT2D eigenvalue weighted by Gasteiger charge is -2.17. The Bertz CT molecular complexity index is 965. The van der Waals surface area contributed by atoms with Crippen molar-refractivity contribution in [2.24, 2.45) is 0 Å². The van der Waals surface area contributed by atoms with Gasteiger partial charge in [0.05, 0.1) is 12.2 Å². The molecule has 0 saturated heterocycles. The Labute approximate surface area is 162 Å². The van der Waals surface area contributed by atoms with E-state index in [0.29, 0.717) is 12.1 Å². The van der Waals surface area contributed by atoms with Crippen molar-refractivity contribution in [3.05, 3.63) is 64.5 Å². The summed E-state index contributed by atoms with van der Waals surface area (Å²) in [5.74, 6) is -15.5. The van der Waals surface area contributed by atoms with Crippen LogP contribution in [0.4, 0.5) is 40.8 Å². The molecular weight excluding hydrogens is 432 g/mol. The molecule has 3 N–H and O–H groups in total. The van der Waals surface area contributed by atoms with Crippen LogP contribution in [0.25, 0.3) is 0 Å². The quantitative estimate of drug-likeness (QED) is 0.378. The number of nitrogens with one attached hydrogen (secondary N) is 2. The fourth-order valence-electron chi connectivity index (χ4n) is 2.23. The summed E-state index contributed by atoms with van der Waals surface area (Å²) >= 11 is 0. The number of halogens is 8. The van der Waals surface area contributed by atoms with Gasteiger partial charge in [0.25, 0.3) is 5.91 Å². The number of carbonyl (C=O) groups is 2. The van der Waals surface area contributed by atoms with Gasteiger partial charge in [0.15, 0.2) is 23.3 Å². The highest BCUT2D eigenvalue weighted by molar-refractivity contribution is 6.01. The Morgan fingerprint density at radius 1 is 0.933 bits per heavy atom. The van der Waals surface area contributed by atoms with Crippen LogP contribution in [-0.4, -0.2) is 29.6 Å². The van der Waals surface area contributed by atoms with Crippen LogP contribution in [0.1, 0.15) is 15.9 Å². The van der Waals surface area contributed by atoms with Crippen LogP contribution in [0.15, 0.2) is 24.3 Å². The van der Waals surface area contributed by atoms with Crippen molar-refractivity contribution in [3.63, 3.8) is 0 Å². The number of carbonyl (C=O) groups excluding carboxylic acids is 2. The van der Waals surface area contributed by atoms with E-state index in [1.807, 2.05) is 5.32 Å². The fraction of sp³-hybridized carbons (Fsp3) is 0.176. The van der Waals surface area contributed by atoms with Crippen molar-refractivity contribution in [2.75, 3.05) is 11.9 Å². The lowest BCUT2D eigenvalue weighted by Crippen LogP contribution is -2.46. The average molecular weight is 442 g/mol. The smallest absolute Gasteiger partial charge is 0.394 e. The minimum atomic E-state index is -4.74. The van der Waals surface area contributed by atoms with E-state index in [1.165, 1.54) is 0 Å². The molecule has 13 heteroatoms. The molecule has 2 aromatic carbocycles. The largest absolute Gasteiger partial charge is 0.416 e. The molecule has 0 radical (unpaired) electrons. The van der Waals surface area contributed by atoms with Crippen LogP contribution < -0.4 is 10.6 Å². The topological polar surface area (TPSA) is 78.4 Å². The van der Waals surface area contributed by atoms with Crippen LogP contribution in [0.3, 0.4) is 0 Å². The second-order valence-corrected chi connectivity index (χ2v) is 5.72. The second kappa shape index (κ2) is 8.65. The number of anilines is 1. The minimum Gasteiger partial charge on any atom is -0.394 e. The van der Waals surface area contributed by atoms with E-state index >= 15 is 0 Å². The third-order valence-electron chi connectivity index (χ3n) is 3.70. The summed E-state index contributed by atoms with van der Waals surface area (Å²) in [7, 11) is 0. The Hall–Kier alpha value is -3.22. The zero-order chi connectivity index (χ0) is 22.8. The molecule has 1 atom stereocenters. The molecule has 0 aliphatic rings. The summed E-state index contributed by atoms with van der Waals surface area (Å²) in [6, 6.07) is 1.21. The summed E-state index contributed by atoms with van der Waals surface area (Å²) in [6.07, 6.45) is -4.74. The van der Waals surface area contributed by atoms with E-state index < -0.39 is 76.5 Å². The number of rotatable bonds is 5. The number of aliphatic hydroxyl groups is 1. The number of hydrogen-bond acceptors (Lipinski definition) is 3. The highest BCUT2D eigenvalue weighted by Crippen LogP contribution is 2.30. The third kappa shape index (κ3) is 4.67. The molecule has 2 amide bonds. The SMILES string of the molecule is O=C(N[C@@H](CO)C(=O)Nc1cccc(C(F)(F)F)c1)c1c(F)c(F)c(F)c(F)c1F. The van der Waals surface area contributed by atoms with Gasteiger partial charge in [-0.1, -0.05) is 6.07 Å². The third-order valence-corrected chi connectivity index (χ3v) is 3.70. The monoisotopic (exact) mass is 442 g/mol. The second-order valence-electron chi connectivity index (χ2n) is 5.72. The summed E-state index contributed by atoms with van der Waals surface area (Å²) in [6.45, 7) is -1.22. The van der Waals surface area contributed by atoms with Gasteiger partial charge in [-0.05, 0) is 18.2 Å². The Balaban J connectivity index is 2.24. The highest BCUT2D eigenvalue weighted by Gasteiger charge is 2.33. The maximum absolute atomic E-state index is 13.7. The summed E-state index contributed by atoms with van der Waals surface area (Å²) in [5.41, 5.74) is -3.44. The Kier molecular flexibility index (Phi) is 6.65. The zero-order valence-electron chi connectivity index (χ0n) is 14.4. The van der Waals surface area contributed by atoms with E-state index in [9.17, 15) is 49.8 Å². The minimum absolute atomic E-state index is 0.404. The van der Waals surface area contributed by atoms with Crippen molar-refractivity contribution in [1.82, 2.24) is 5.32 Å². The predicted octanol–water partition coefficient (Wildman–Crippen LogP) is 3.13. The molecule has 0 bridgehead atoms. The number of hydrogen-bond donors (Lipinski definition) is 3. The molecule has 0 saturated carbocycles. The average Bonchev–Trinajstić information content (AvgIpc) is 2.68. The molecule has 2 aromatic rings. The van der Waals surface area contributed by atoms with Crippen molar-refractivity contribution >= 4 is 17.5 Å². The van der Waals surface area contributed by atoms with Gasteiger partial charge >= 0.3 is 6.18 Å². The first-order valence-electron chi connectivity index (χ1n) is 7.79. The lowest BCUT2D eigenvalue weighted by molar-refractivity contribution is -0.137. The van der Waals surface area contributed by atoms with Crippen molar-refractivity contribution in [1.29, 1.82) is 0 Å². The molecule has 0 unspecified atom stereocenters. The van der Waals surface area contributed by atoms with Gasteiger partial charge < -0.3 is 15.7 Å². The normalized spacial score (nSPS) is 12.4. The van der Waals surface area contributed by atoms with E-state index in [2.05, 4.69) is 0 Å². The van der Waals surface area contributed by atoms with Gasteiger partial charge in [-0.25, -0.2) is 22.0 Å². The maximum Gasteiger partial charge on any atom is 0.416 e. The van der Waals surface area contributed by atoms with Crippen molar-refractivity contribution in [2.45, 2.75) is 12.2 Å². The predicted molar refractivity (Wildman–Crippen MR) is 84.6 cm³/mol. The van der Waals surface area contributed by atoms with Crippen LogP contribution >= 0.6 is 0 Å². The molecule has 5 nitrogen and oxygen atoms in total. The zero-order valence-corrected chi connectivity index (χ0v) is 14.4. The molecule has 0 aliphatic heterocycles. The first-order chi connectivity index (χ1) is 13.9. The number of alkyl halides is 3. The van der Waals surface area contributed by atoms with Gasteiger partial charge in [0.1, 0.15) is 11.6 Å². The van der Waals surface area contributed by atoms with Crippen LogP contribution in [0.5, 0.6) is 0 Å². The van der Waals surface area contributed by atoms with E-state index in [-0.39, 0.29) is 0 Å². The Morgan fingerprint density at radius 2 is 1.47 bits per heavy atom. The molecule has 162 valence electrons. The van der Waals surface area contributed by atoms with Crippen LogP contribution in [0.2, 0.25) is 0 Å². The fourth-order valence-corrected chi connectivity index (χ4v) is 2.23. The van der Waals surface area contributed by atoms with Gasteiger partial charge in [0, 0.05) is 5.69 Å². The van der Waals surface area contributed by atoms with Crippen molar-refractivity contribution < 1.29 is 49.8 Å². The maximum atomic E-state index is 13.7. The van der Waals surface area contributed by atoms with Gasteiger partial charge in [-0.3, -0.25) is 9.59 Å². The first kappa shape index (κ1) is 23.1. The molecule has 0 spiro atoms. The molecule has 0 fully saturated rings. The molecule has 30 heavy (non-hydrogen) atoms. The highest BCUT2D eigenvalue weighted by atomic mass is 19.4. The number of amides is 2. The molecule has 0 aliphatic carbocycles. The van der Waals surface area contributed by atoms with Gasteiger partial charge in [0.2, 0.25) is 11.7 Å². The summed E-state index contributed by atoms with van der Waals surface area (Å²) < 4.78 is 105. The van der Waals surface area contributed by atoms with E-state index in [1.54, 1.807) is 5.32 Å². The molecule has 0 aromatic heterocycles. The number of benzene rings is 2. The summed E-state index contributed by atoms with van der Waals surface area (Å²) in [4.78, 5) is 24.0. The standard InChI is InChI=1S/C17H10F8N2O3/c18-10-9(11(19)13(21)14(22)12(10)20)16(30)27-8(5-28)15(29)26-7-3-1-2-6(4-7)17(23,24)25/h1-4,8,28H,5H2,(H,26,29)(H,27,30)/t8-/m0/s1. The van der Waals surface area contributed by atoms with Crippen molar-refractivity contribution in [3.8, 4) is 0 Å². The molecule has 2 rings (SSSR count). The van der Waals surface area contributed by atoms with Crippen LogP contribution in [-0.2, 0) is 11.0 Å². The van der Waals surface area contributed by atoms with E-state index in [0.717, 1.165) is 12.1 Å². The van der Waals surface area contributed by atoms with E-state index in [4.69, 9.17) is 0 Å². The number of aliphatic hydroxyl groups excluding tert-OH is 1. The summed E-state index contributed by atoms with van der Waals surface area (Å²) in [5, 5.41) is 12.7. The molecular formula is C17H10F8N2O3. The lowest BCUT2D eigenvalue weighted by atomic mass is 10.1. The first-order valence-corrected chi connectivity index (χ1v) is 7.79. The van der Waals surface area contributed by atoms with Crippen LogP contribution in [0, 0.1) is 29.1 Å². The molecule has 0 heterocycles.